The summed E-state index contributed by atoms with van der Waals surface area (Å²) in [4.78, 5) is 0. The molecule has 0 aliphatic rings. The molecule has 0 spiro atoms. The van der Waals surface area contributed by atoms with E-state index < -0.39 is 0 Å². The molecule has 0 heterocycles. The molecule has 0 saturated carbocycles. The molecule has 0 amide bonds. The Labute approximate surface area is 146 Å². The number of nitrogens with one attached hydrogen (secondary N) is 1. The van der Waals surface area contributed by atoms with Crippen molar-refractivity contribution in [3.05, 3.63) is 65.8 Å². The summed E-state index contributed by atoms with van der Waals surface area (Å²) < 4.78 is 5.93. The number of hydrogen-bond donors (Lipinski definition) is 1. The summed E-state index contributed by atoms with van der Waals surface area (Å²) in [5.41, 5.74) is 2.83. The molecule has 2 aromatic carbocycles. The number of allylic oxidation sites excluding steroid dienone is 3. The van der Waals surface area contributed by atoms with Crippen LogP contribution in [0.3, 0.4) is 0 Å². The molecule has 0 bridgehead atoms. The zero-order valence-electron chi connectivity index (χ0n) is 15.1. The Morgan fingerprint density at radius 2 is 1.79 bits per heavy atom. The van der Waals surface area contributed by atoms with Gasteiger partial charge < -0.3 is 10.1 Å². The molecule has 0 atom stereocenters. The molecule has 2 nitrogen and oxygen atoms in total. The van der Waals surface area contributed by atoms with E-state index in [2.05, 4.69) is 68.6 Å². The summed E-state index contributed by atoms with van der Waals surface area (Å²) in [6.07, 6.45) is 6.84. The van der Waals surface area contributed by atoms with Gasteiger partial charge in [-0.1, -0.05) is 59.7 Å². The van der Waals surface area contributed by atoms with Gasteiger partial charge in [-0.25, -0.2) is 0 Å². The third kappa shape index (κ3) is 6.21. The lowest BCUT2D eigenvalue weighted by Crippen LogP contribution is -2.21. The molecular formula is C22H29NO. The van der Waals surface area contributed by atoms with E-state index in [9.17, 15) is 0 Å². The second-order valence-electron chi connectivity index (χ2n) is 6.40. The highest BCUT2D eigenvalue weighted by Crippen LogP contribution is 2.24. The first kappa shape index (κ1) is 18.3. The van der Waals surface area contributed by atoms with Crippen LogP contribution in [0, 0.1) is 0 Å². The average Bonchev–Trinajstić information content (AvgIpc) is 2.57. The van der Waals surface area contributed by atoms with E-state index in [0.717, 1.165) is 31.7 Å². The molecule has 128 valence electrons. The second kappa shape index (κ2) is 9.94. The van der Waals surface area contributed by atoms with E-state index in [4.69, 9.17) is 4.74 Å². The molecule has 0 fully saturated rings. The topological polar surface area (TPSA) is 21.3 Å². The Hall–Kier alpha value is -2.06. The summed E-state index contributed by atoms with van der Waals surface area (Å²) in [5.74, 6) is 0.961. The lowest BCUT2D eigenvalue weighted by atomic mass is 10.1. The minimum Gasteiger partial charge on any atom is -0.492 e. The van der Waals surface area contributed by atoms with E-state index >= 15 is 0 Å². The lowest BCUT2D eigenvalue weighted by molar-refractivity contribution is 0.320. The second-order valence-corrected chi connectivity index (χ2v) is 6.40. The number of fused-ring (bicyclic) bond motifs is 1. The minimum absolute atomic E-state index is 0.679. The minimum atomic E-state index is 0.679. The van der Waals surface area contributed by atoms with Gasteiger partial charge in [-0.15, -0.1) is 0 Å². The Morgan fingerprint density at radius 1 is 1.00 bits per heavy atom. The monoisotopic (exact) mass is 323 g/mol. The Balaban J connectivity index is 1.68. The maximum absolute atomic E-state index is 5.93. The van der Waals surface area contributed by atoms with Crippen molar-refractivity contribution in [3.63, 3.8) is 0 Å². The van der Waals surface area contributed by atoms with Gasteiger partial charge in [0, 0.05) is 18.5 Å². The van der Waals surface area contributed by atoms with Crippen LogP contribution < -0.4 is 10.1 Å². The van der Waals surface area contributed by atoms with Gasteiger partial charge in [0.1, 0.15) is 12.4 Å². The van der Waals surface area contributed by atoms with Crippen LogP contribution in [-0.2, 0) is 0 Å². The fourth-order valence-electron chi connectivity index (χ4n) is 2.59. The highest BCUT2D eigenvalue weighted by molar-refractivity contribution is 5.88. The summed E-state index contributed by atoms with van der Waals surface area (Å²) in [5, 5.41) is 5.81. The first-order chi connectivity index (χ1) is 11.7. The Kier molecular flexibility index (Phi) is 7.57. The molecule has 2 rings (SSSR count). The molecule has 2 aromatic rings. The van der Waals surface area contributed by atoms with Gasteiger partial charge in [0.2, 0.25) is 0 Å². The van der Waals surface area contributed by atoms with Crippen molar-refractivity contribution in [3.8, 4) is 5.75 Å². The SMILES string of the molecule is CC(C)=CCC/C(C)=C/CNCCOc1cccc2ccccc12. The lowest BCUT2D eigenvalue weighted by Gasteiger charge is -2.09. The third-order valence-electron chi connectivity index (χ3n) is 3.97. The van der Waals surface area contributed by atoms with Gasteiger partial charge in [0.25, 0.3) is 0 Å². The molecule has 2 heteroatoms. The van der Waals surface area contributed by atoms with Crippen molar-refractivity contribution in [2.24, 2.45) is 0 Å². The van der Waals surface area contributed by atoms with Crippen LogP contribution in [-0.4, -0.2) is 19.7 Å². The third-order valence-corrected chi connectivity index (χ3v) is 3.97. The normalized spacial score (nSPS) is 11.5. The van der Waals surface area contributed by atoms with Crippen LogP contribution in [0.4, 0.5) is 0 Å². The summed E-state index contributed by atoms with van der Waals surface area (Å²) in [7, 11) is 0. The Bertz CT molecular complexity index is 691. The first-order valence-electron chi connectivity index (χ1n) is 8.77. The Morgan fingerprint density at radius 3 is 2.62 bits per heavy atom. The largest absolute Gasteiger partial charge is 0.492 e. The molecule has 0 aliphatic carbocycles. The summed E-state index contributed by atoms with van der Waals surface area (Å²) >= 11 is 0. The van der Waals surface area contributed by atoms with E-state index in [1.807, 2.05) is 12.1 Å². The van der Waals surface area contributed by atoms with Gasteiger partial charge in [-0.3, -0.25) is 0 Å². The van der Waals surface area contributed by atoms with Crippen LogP contribution in [0.15, 0.2) is 65.8 Å². The van der Waals surface area contributed by atoms with Crippen molar-refractivity contribution in [2.45, 2.75) is 33.6 Å². The summed E-state index contributed by atoms with van der Waals surface area (Å²) in [6.45, 7) is 8.93. The molecule has 1 N–H and O–H groups in total. The van der Waals surface area contributed by atoms with E-state index in [0.29, 0.717) is 6.61 Å². The predicted molar refractivity (Wildman–Crippen MR) is 105 cm³/mol. The average molecular weight is 323 g/mol. The van der Waals surface area contributed by atoms with E-state index in [1.165, 1.54) is 21.9 Å². The van der Waals surface area contributed by atoms with Crippen LogP contribution in [0.25, 0.3) is 10.8 Å². The fraction of sp³-hybridized carbons (Fsp3) is 0.364. The van der Waals surface area contributed by atoms with Crippen molar-refractivity contribution < 1.29 is 4.74 Å². The summed E-state index contributed by atoms with van der Waals surface area (Å²) in [6, 6.07) is 14.5. The zero-order chi connectivity index (χ0) is 17.2. The molecule has 0 unspecified atom stereocenters. The van der Waals surface area contributed by atoms with Crippen molar-refractivity contribution >= 4 is 10.8 Å². The van der Waals surface area contributed by atoms with Gasteiger partial charge in [0.05, 0.1) is 0 Å². The van der Waals surface area contributed by atoms with Crippen molar-refractivity contribution in [1.82, 2.24) is 5.32 Å². The zero-order valence-corrected chi connectivity index (χ0v) is 15.1. The van der Waals surface area contributed by atoms with Crippen molar-refractivity contribution in [2.75, 3.05) is 19.7 Å². The maximum atomic E-state index is 5.93. The molecule has 0 radical (unpaired) electrons. The van der Waals surface area contributed by atoms with Crippen molar-refractivity contribution in [1.29, 1.82) is 0 Å². The van der Waals surface area contributed by atoms with Crippen LogP contribution in [0.2, 0.25) is 0 Å². The molecule has 24 heavy (non-hydrogen) atoms. The predicted octanol–water partition coefficient (Wildman–Crippen LogP) is 5.50. The number of benzene rings is 2. The van der Waals surface area contributed by atoms with Crippen LogP contribution in [0.1, 0.15) is 33.6 Å². The molecule has 0 aliphatic heterocycles. The number of ether oxygens (including phenoxy) is 1. The van der Waals surface area contributed by atoms with Gasteiger partial charge >= 0.3 is 0 Å². The molecular weight excluding hydrogens is 294 g/mol. The van der Waals surface area contributed by atoms with Gasteiger partial charge in [-0.2, -0.15) is 0 Å². The van der Waals surface area contributed by atoms with Gasteiger partial charge in [-0.05, 0) is 45.1 Å². The quantitative estimate of drug-likeness (QED) is 0.486. The van der Waals surface area contributed by atoms with E-state index in [1.54, 1.807) is 0 Å². The fourth-order valence-corrected chi connectivity index (χ4v) is 2.59. The highest BCUT2D eigenvalue weighted by atomic mass is 16.5. The number of rotatable bonds is 9. The smallest absolute Gasteiger partial charge is 0.127 e. The van der Waals surface area contributed by atoms with Crippen LogP contribution in [0.5, 0.6) is 5.75 Å². The molecule has 0 aromatic heterocycles. The van der Waals surface area contributed by atoms with Crippen LogP contribution >= 0.6 is 0 Å². The number of hydrogen-bond acceptors (Lipinski definition) is 2. The standard InChI is InChI=1S/C22H29NO/c1-18(2)8-6-9-19(3)14-15-23-16-17-24-22-13-7-11-20-10-4-5-12-21(20)22/h4-5,7-8,10-14,23H,6,9,15-17H2,1-3H3/b19-14+. The van der Waals surface area contributed by atoms with Gasteiger partial charge in [0.15, 0.2) is 0 Å². The molecule has 0 saturated heterocycles. The maximum Gasteiger partial charge on any atom is 0.127 e. The van der Waals surface area contributed by atoms with E-state index in [-0.39, 0.29) is 0 Å². The first-order valence-corrected chi connectivity index (χ1v) is 8.77. The highest BCUT2D eigenvalue weighted by Gasteiger charge is 2.00.